The van der Waals surface area contributed by atoms with Crippen LogP contribution in [0.2, 0.25) is 0 Å². The molecule has 1 fully saturated rings. The van der Waals surface area contributed by atoms with Gasteiger partial charge >= 0.3 is 0 Å². The van der Waals surface area contributed by atoms with Crippen LogP contribution in [0.25, 0.3) is 0 Å². The molecule has 0 spiro atoms. The van der Waals surface area contributed by atoms with Crippen LogP contribution < -0.4 is 10.1 Å². The molecule has 26 heavy (non-hydrogen) atoms. The first-order valence-electron chi connectivity index (χ1n) is 9.83. The van der Waals surface area contributed by atoms with Crippen molar-refractivity contribution in [2.75, 3.05) is 20.2 Å². The maximum absolute atomic E-state index is 12.8. The van der Waals surface area contributed by atoms with E-state index in [1.807, 2.05) is 29.2 Å². The lowest BCUT2D eigenvalue weighted by atomic mass is 9.92. The van der Waals surface area contributed by atoms with E-state index in [2.05, 4.69) is 19.2 Å². The molecular weight excluding hydrogens is 328 g/mol. The molecule has 0 radical (unpaired) electrons. The highest BCUT2D eigenvalue weighted by molar-refractivity contribution is 5.90. The molecule has 1 saturated heterocycles. The van der Waals surface area contributed by atoms with Gasteiger partial charge in [0.1, 0.15) is 5.75 Å². The van der Waals surface area contributed by atoms with Gasteiger partial charge in [0.05, 0.1) is 19.1 Å². The molecule has 1 aliphatic heterocycles. The van der Waals surface area contributed by atoms with Gasteiger partial charge in [-0.3, -0.25) is 9.59 Å². The molecule has 1 aromatic rings. The summed E-state index contributed by atoms with van der Waals surface area (Å²) < 4.78 is 5.24. The van der Waals surface area contributed by atoms with E-state index >= 15 is 0 Å². The summed E-state index contributed by atoms with van der Waals surface area (Å²) in [5.74, 6) is 0.523. The molecule has 2 amide bonds. The van der Waals surface area contributed by atoms with E-state index in [4.69, 9.17) is 4.74 Å². The number of nitrogens with zero attached hydrogens (tertiary/aromatic N) is 1. The molecule has 144 valence electrons. The summed E-state index contributed by atoms with van der Waals surface area (Å²) >= 11 is 0. The van der Waals surface area contributed by atoms with E-state index in [-0.39, 0.29) is 23.8 Å². The second-order valence-electron chi connectivity index (χ2n) is 6.97. The standard InChI is InChI=1S/C21H32N2O3/c1-4-6-8-13-22-21(25)18-15-19(24)23(14-7-5-2)20(18)16-9-11-17(26-3)12-10-16/h9-12,18,20H,4-8,13-15H2,1-3H3,(H,22,25). The van der Waals surface area contributed by atoms with Gasteiger partial charge in [-0.2, -0.15) is 0 Å². The van der Waals surface area contributed by atoms with Gasteiger partial charge in [-0.25, -0.2) is 0 Å². The van der Waals surface area contributed by atoms with Crippen molar-refractivity contribution >= 4 is 11.8 Å². The van der Waals surface area contributed by atoms with Gasteiger partial charge in [0.2, 0.25) is 11.8 Å². The van der Waals surface area contributed by atoms with Crippen LogP contribution in [0.3, 0.4) is 0 Å². The Morgan fingerprint density at radius 2 is 1.85 bits per heavy atom. The fourth-order valence-corrected chi connectivity index (χ4v) is 3.55. The SMILES string of the molecule is CCCCCNC(=O)C1CC(=O)N(CCCC)C1c1ccc(OC)cc1. The Morgan fingerprint density at radius 1 is 1.15 bits per heavy atom. The molecule has 0 aromatic heterocycles. The predicted molar refractivity (Wildman–Crippen MR) is 103 cm³/mol. The van der Waals surface area contributed by atoms with Crippen molar-refractivity contribution < 1.29 is 14.3 Å². The third kappa shape index (κ3) is 4.99. The first kappa shape index (κ1) is 20.3. The fourth-order valence-electron chi connectivity index (χ4n) is 3.55. The Hall–Kier alpha value is -2.04. The lowest BCUT2D eigenvalue weighted by molar-refractivity contribution is -0.129. The Labute approximate surface area is 157 Å². The van der Waals surface area contributed by atoms with Crippen molar-refractivity contribution in [3.8, 4) is 5.75 Å². The number of hydrogen-bond acceptors (Lipinski definition) is 3. The van der Waals surface area contributed by atoms with Gasteiger partial charge in [-0.05, 0) is 30.5 Å². The first-order valence-corrected chi connectivity index (χ1v) is 9.83. The van der Waals surface area contributed by atoms with Gasteiger partial charge < -0.3 is 15.0 Å². The minimum Gasteiger partial charge on any atom is -0.497 e. The summed E-state index contributed by atoms with van der Waals surface area (Å²) in [6, 6.07) is 7.54. The number of carbonyl (C=O) groups is 2. The molecule has 1 aromatic carbocycles. The van der Waals surface area contributed by atoms with Crippen molar-refractivity contribution in [3.05, 3.63) is 29.8 Å². The van der Waals surface area contributed by atoms with Gasteiger partial charge in [0.15, 0.2) is 0 Å². The van der Waals surface area contributed by atoms with Crippen molar-refractivity contribution in [3.63, 3.8) is 0 Å². The summed E-state index contributed by atoms with van der Waals surface area (Å²) in [6.45, 7) is 5.64. The molecule has 2 unspecified atom stereocenters. The fraction of sp³-hybridized carbons (Fsp3) is 0.619. The molecule has 1 heterocycles. The molecule has 0 bridgehead atoms. The molecule has 2 atom stereocenters. The Bertz CT molecular complexity index is 585. The quantitative estimate of drug-likeness (QED) is 0.647. The van der Waals surface area contributed by atoms with Gasteiger partial charge in [-0.1, -0.05) is 45.2 Å². The number of nitrogens with one attached hydrogen (secondary N) is 1. The number of likely N-dealkylation sites (tertiary alicyclic amines) is 1. The molecule has 1 N–H and O–H groups in total. The van der Waals surface area contributed by atoms with E-state index < -0.39 is 0 Å². The molecule has 1 aliphatic rings. The Morgan fingerprint density at radius 3 is 2.46 bits per heavy atom. The topological polar surface area (TPSA) is 58.6 Å². The van der Waals surface area contributed by atoms with Crippen LogP contribution in [0, 0.1) is 5.92 Å². The van der Waals surface area contributed by atoms with Crippen molar-refractivity contribution in [1.29, 1.82) is 0 Å². The first-order chi connectivity index (χ1) is 12.6. The number of benzene rings is 1. The lowest BCUT2D eigenvalue weighted by Crippen LogP contribution is -2.36. The van der Waals surface area contributed by atoms with Gasteiger partial charge in [-0.15, -0.1) is 0 Å². The van der Waals surface area contributed by atoms with E-state index in [1.54, 1.807) is 7.11 Å². The summed E-state index contributed by atoms with van der Waals surface area (Å²) in [5.41, 5.74) is 1.00. The average Bonchev–Trinajstić information content (AvgIpc) is 2.99. The summed E-state index contributed by atoms with van der Waals surface area (Å²) in [4.78, 5) is 27.3. The predicted octanol–water partition coefficient (Wildman–Crippen LogP) is 3.69. The number of hydrogen-bond donors (Lipinski definition) is 1. The van der Waals surface area contributed by atoms with E-state index in [0.717, 1.165) is 43.4 Å². The second-order valence-corrected chi connectivity index (χ2v) is 6.97. The second kappa shape index (κ2) is 10.2. The minimum absolute atomic E-state index is 0.00531. The van der Waals surface area contributed by atoms with Crippen molar-refractivity contribution in [1.82, 2.24) is 10.2 Å². The van der Waals surface area contributed by atoms with Crippen molar-refractivity contribution in [2.45, 2.75) is 58.4 Å². The molecule has 0 saturated carbocycles. The van der Waals surface area contributed by atoms with Crippen molar-refractivity contribution in [2.24, 2.45) is 5.92 Å². The molecule has 5 heteroatoms. The number of rotatable bonds is 10. The minimum atomic E-state index is -0.325. The number of ether oxygens (including phenoxy) is 1. The Kier molecular flexibility index (Phi) is 7.95. The highest BCUT2D eigenvalue weighted by atomic mass is 16.5. The zero-order valence-electron chi connectivity index (χ0n) is 16.3. The van der Waals surface area contributed by atoms with Crippen LogP contribution in [0.1, 0.15) is 64.0 Å². The molecule has 5 nitrogen and oxygen atoms in total. The summed E-state index contributed by atoms with van der Waals surface area (Å²) in [7, 11) is 1.63. The van der Waals surface area contributed by atoms with Crippen LogP contribution in [-0.4, -0.2) is 36.9 Å². The monoisotopic (exact) mass is 360 g/mol. The number of unbranched alkanes of at least 4 members (excludes halogenated alkanes) is 3. The van der Waals surface area contributed by atoms with Crippen LogP contribution in [-0.2, 0) is 9.59 Å². The smallest absolute Gasteiger partial charge is 0.226 e. The number of carbonyl (C=O) groups excluding carboxylic acids is 2. The maximum Gasteiger partial charge on any atom is 0.226 e. The molecular formula is C21H32N2O3. The maximum atomic E-state index is 12.8. The lowest BCUT2D eigenvalue weighted by Gasteiger charge is -2.28. The van der Waals surface area contributed by atoms with Crippen LogP contribution >= 0.6 is 0 Å². The van der Waals surface area contributed by atoms with Crippen LogP contribution in [0.5, 0.6) is 5.75 Å². The van der Waals surface area contributed by atoms with Crippen LogP contribution in [0.4, 0.5) is 0 Å². The third-order valence-electron chi connectivity index (χ3n) is 5.06. The zero-order valence-corrected chi connectivity index (χ0v) is 16.3. The molecule has 2 rings (SSSR count). The average molecular weight is 360 g/mol. The molecule has 0 aliphatic carbocycles. The third-order valence-corrected chi connectivity index (χ3v) is 5.06. The van der Waals surface area contributed by atoms with Crippen LogP contribution in [0.15, 0.2) is 24.3 Å². The normalized spacial score (nSPS) is 19.7. The number of methoxy groups -OCH3 is 1. The zero-order chi connectivity index (χ0) is 18.9. The largest absolute Gasteiger partial charge is 0.497 e. The number of amides is 2. The Balaban J connectivity index is 2.18. The highest BCUT2D eigenvalue weighted by Crippen LogP contribution is 2.39. The van der Waals surface area contributed by atoms with Gasteiger partial charge in [0, 0.05) is 19.5 Å². The summed E-state index contributed by atoms with van der Waals surface area (Å²) in [6.07, 6.45) is 5.47. The van der Waals surface area contributed by atoms with E-state index in [0.29, 0.717) is 19.5 Å². The van der Waals surface area contributed by atoms with Gasteiger partial charge in [0.25, 0.3) is 0 Å². The summed E-state index contributed by atoms with van der Waals surface area (Å²) in [5, 5.41) is 3.04. The van der Waals surface area contributed by atoms with E-state index in [9.17, 15) is 9.59 Å². The highest BCUT2D eigenvalue weighted by Gasteiger charge is 2.43. The van der Waals surface area contributed by atoms with E-state index in [1.165, 1.54) is 0 Å².